The largest absolute Gasteiger partial charge is 0.504 e. The summed E-state index contributed by atoms with van der Waals surface area (Å²) < 4.78 is 55.8. The first-order chi connectivity index (χ1) is 33.8. The molecule has 3 saturated heterocycles. The Kier molecular flexibility index (Phi) is 18.8. The summed E-state index contributed by atoms with van der Waals surface area (Å²) in [6.45, 7) is 1.14. The molecule has 25 nitrogen and oxygen atoms in total. The summed E-state index contributed by atoms with van der Waals surface area (Å²) in [6.07, 6.45) is -22.7. The number of carbonyl (C=O) groups excluding carboxylic acids is 3. The van der Waals surface area contributed by atoms with Crippen LogP contribution in [0.3, 0.4) is 0 Å². The Morgan fingerprint density at radius 2 is 1.28 bits per heavy atom. The van der Waals surface area contributed by atoms with E-state index in [1.807, 2.05) is 0 Å². The summed E-state index contributed by atoms with van der Waals surface area (Å²) in [7, 11) is 1.07. The summed E-state index contributed by atoms with van der Waals surface area (Å²) in [5, 5.41) is 125. The summed E-state index contributed by atoms with van der Waals surface area (Å²) in [5.74, 6) is -5.80. The van der Waals surface area contributed by atoms with Gasteiger partial charge in [-0.1, -0.05) is 18.2 Å². The number of phenols is 4. The van der Waals surface area contributed by atoms with Crippen molar-refractivity contribution in [1.82, 2.24) is 0 Å². The van der Waals surface area contributed by atoms with Crippen LogP contribution in [0.25, 0.3) is 6.08 Å². The number of aliphatic hydroxyl groups excluding tert-OH is 8. The lowest BCUT2D eigenvalue weighted by molar-refractivity contribution is -0.356. The number of hydrogen-bond acceptors (Lipinski definition) is 25. The average Bonchev–Trinajstić information content (AvgIpc) is 3.35. The van der Waals surface area contributed by atoms with Gasteiger partial charge >= 0.3 is 17.9 Å². The number of methoxy groups -OCH3 is 1. The van der Waals surface area contributed by atoms with Gasteiger partial charge in [-0.3, -0.25) is 4.79 Å². The Bertz CT molecular complexity index is 2250. The van der Waals surface area contributed by atoms with Gasteiger partial charge in [0.25, 0.3) is 0 Å². The first kappa shape index (κ1) is 54.8. The highest BCUT2D eigenvalue weighted by Gasteiger charge is 2.52. The maximum atomic E-state index is 13.7. The van der Waals surface area contributed by atoms with Crippen molar-refractivity contribution in [2.75, 3.05) is 26.9 Å². The Hall–Kier alpha value is -5.49. The maximum Gasteiger partial charge on any atom is 0.337 e. The van der Waals surface area contributed by atoms with Gasteiger partial charge in [0, 0.05) is 17.6 Å². The fourth-order valence-corrected chi connectivity index (χ4v) is 8.22. The zero-order valence-corrected chi connectivity index (χ0v) is 38.3. The molecule has 0 saturated carbocycles. The molecule has 0 spiro atoms. The molecule has 0 aliphatic carbocycles. The standard InChI is InChI=1S/C46H58O25/c1-4-22-23(24(42(61)62-3)18-64-43(22)71-46-38(60)35(57)40(29(16-47)67-46)68-31(53)10-7-20-5-8-25(49)27(51)13-20)15-32(54)69-39-19(2)65-45(37(59)33(39)55)70-41-30(17-48)66-44(36(58)34(41)56)63-12-11-21-6-9-26(50)28(52)14-21/h4-10,13-14,18-19,23,29-30,33-41,43-52,55-60H,11-12,15-17H2,1-3H3/b10-7+,22-4+/t19-,23-,29+,30+,33-,34+,35+,36+,37+,38+,39-,40+,41+,43-,44+,45-,46-/m0/s1. The van der Waals surface area contributed by atoms with Crippen LogP contribution in [0.1, 0.15) is 31.4 Å². The van der Waals surface area contributed by atoms with Gasteiger partial charge in [0.15, 0.2) is 54.1 Å². The zero-order chi connectivity index (χ0) is 51.8. The number of carbonyl (C=O) groups is 3. The van der Waals surface area contributed by atoms with E-state index in [0.717, 1.165) is 25.5 Å². The van der Waals surface area contributed by atoms with Crippen molar-refractivity contribution in [3.05, 3.63) is 77.1 Å². The second-order valence-electron chi connectivity index (χ2n) is 16.8. The van der Waals surface area contributed by atoms with Crippen LogP contribution in [0.4, 0.5) is 0 Å². The van der Waals surface area contributed by atoms with Gasteiger partial charge in [-0.15, -0.1) is 0 Å². The van der Waals surface area contributed by atoms with E-state index in [1.54, 1.807) is 0 Å². The lowest BCUT2D eigenvalue weighted by atomic mass is 9.86. The number of phenolic OH excluding ortho intramolecular Hbond substituents is 4. The quantitative estimate of drug-likeness (QED) is 0.0261. The molecular formula is C46H58O25. The van der Waals surface area contributed by atoms with Gasteiger partial charge in [-0.05, 0) is 61.7 Å². The molecule has 2 aromatic carbocycles. The van der Waals surface area contributed by atoms with Gasteiger partial charge in [-0.2, -0.15) is 0 Å². The molecule has 0 bridgehead atoms. The molecular weight excluding hydrogens is 952 g/mol. The Morgan fingerprint density at radius 1 is 0.690 bits per heavy atom. The van der Waals surface area contributed by atoms with Crippen molar-refractivity contribution in [1.29, 1.82) is 0 Å². The lowest BCUT2D eigenvalue weighted by Crippen LogP contribution is -2.64. The first-order valence-corrected chi connectivity index (χ1v) is 22.2. The Labute approximate surface area is 404 Å². The highest BCUT2D eigenvalue weighted by Crippen LogP contribution is 2.38. The number of ether oxygens (including phenoxy) is 10. The second-order valence-corrected chi connectivity index (χ2v) is 16.8. The smallest absolute Gasteiger partial charge is 0.337 e. The van der Waals surface area contributed by atoms with Crippen molar-refractivity contribution in [3.63, 3.8) is 0 Å². The minimum Gasteiger partial charge on any atom is -0.504 e. The van der Waals surface area contributed by atoms with Crippen molar-refractivity contribution < 1.29 is 123 Å². The molecule has 2 aromatic rings. The molecule has 6 rings (SSSR count). The number of aliphatic hydroxyl groups is 8. The molecule has 25 heteroatoms. The second kappa shape index (κ2) is 24.3. The summed E-state index contributed by atoms with van der Waals surface area (Å²) in [6, 6.07) is 7.84. The zero-order valence-electron chi connectivity index (χ0n) is 38.3. The van der Waals surface area contributed by atoms with Crippen molar-refractivity contribution >= 4 is 24.0 Å². The third kappa shape index (κ3) is 12.8. The number of aromatic hydroxyl groups is 4. The van der Waals surface area contributed by atoms with Crippen LogP contribution in [0.5, 0.6) is 23.0 Å². The van der Waals surface area contributed by atoms with Crippen LogP contribution in [-0.2, 0) is 68.2 Å². The fourth-order valence-electron chi connectivity index (χ4n) is 8.22. The van der Waals surface area contributed by atoms with Crippen LogP contribution in [0.15, 0.2) is 66.0 Å². The molecule has 0 radical (unpaired) electrons. The van der Waals surface area contributed by atoms with Gasteiger partial charge in [-0.25, -0.2) is 9.59 Å². The van der Waals surface area contributed by atoms with Crippen LogP contribution in [0.2, 0.25) is 0 Å². The minimum absolute atomic E-state index is 0.0655. The van der Waals surface area contributed by atoms with Gasteiger partial charge in [0.05, 0.1) is 51.3 Å². The fraction of sp³-hybridized carbons (Fsp3) is 0.543. The highest BCUT2D eigenvalue weighted by atomic mass is 16.8. The Morgan fingerprint density at radius 3 is 1.92 bits per heavy atom. The minimum atomic E-state index is -1.97. The monoisotopic (exact) mass is 1010 g/mol. The van der Waals surface area contributed by atoms with E-state index in [9.17, 15) is 75.7 Å². The van der Waals surface area contributed by atoms with E-state index in [4.69, 9.17) is 47.4 Å². The van der Waals surface area contributed by atoms with Crippen LogP contribution in [0, 0.1) is 5.92 Å². The lowest BCUT2D eigenvalue weighted by Gasteiger charge is -2.46. The first-order valence-electron chi connectivity index (χ1n) is 22.2. The normalized spacial score (nSPS) is 34.8. The van der Waals surface area contributed by atoms with E-state index in [2.05, 4.69) is 0 Å². The third-order valence-electron chi connectivity index (χ3n) is 12.1. The molecule has 392 valence electrons. The van der Waals surface area contributed by atoms with E-state index in [1.165, 1.54) is 56.3 Å². The molecule has 0 aromatic heterocycles. The van der Waals surface area contributed by atoms with Crippen molar-refractivity contribution in [2.24, 2.45) is 5.92 Å². The van der Waals surface area contributed by atoms with E-state index >= 15 is 0 Å². The van der Waals surface area contributed by atoms with Crippen LogP contribution in [-0.4, -0.2) is 205 Å². The molecule has 17 atom stereocenters. The van der Waals surface area contributed by atoms with E-state index in [0.29, 0.717) is 11.1 Å². The molecule has 4 aliphatic heterocycles. The van der Waals surface area contributed by atoms with Crippen LogP contribution < -0.4 is 0 Å². The predicted molar refractivity (Wildman–Crippen MR) is 233 cm³/mol. The molecule has 4 heterocycles. The van der Waals surface area contributed by atoms with Gasteiger partial charge in [0.2, 0.25) is 6.29 Å². The third-order valence-corrected chi connectivity index (χ3v) is 12.1. The SMILES string of the molecule is C/C=C1/[C@H](O[C@@H]2O[C@H](CO)[C@@H](OC(=O)/C=C/c3ccc(O)c(O)c3)[C@H](O)[C@H]2O)OC=C(C(=O)OC)[C@H]1CC(=O)O[C@@H]1[C@@H](O)[C@@H](O)[C@H](O[C@H]2[C@H](O)[C@@H](O)[C@H](OCCc3ccc(O)c(O)c3)O[C@@H]2CO)O[C@H]1C. The molecule has 3 fully saturated rings. The van der Waals surface area contributed by atoms with Crippen molar-refractivity contribution in [2.45, 2.75) is 125 Å². The van der Waals surface area contributed by atoms with Gasteiger partial charge in [0.1, 0.15) is 54.9 Å². The predicted octanol–water partition coefficient (Wildman–Crippen LogP) is -2.28. The van der Waals surface area contributed by atoms with Crippen LogP contribution >= 0.6 is 0 Å². The molecule has 71 heavy (non-hydrogen) atoms. The van der Waals surface area contributed by atoms with Gasteiger partial charge < -0.3 is 109 Å². The molecule has 0 amide bonds. The number of allylic oxidation sites excluding steroid dienone is 1. The molecule has 12 N–H and O–H groups in total. The number of hydrogen-bond donors (Lipinski definition) is 12. The number of benzene rings is 2. The van der Waals surface area contributed by atoms with E-state index < -0.39 is 153 Å². The topological polar surface area (TPSA) is 386 Å². The Balaban J connectivity index is 1.06. The molecule has 4 aliphatic rings. The van der Waals surface area contributed by atoms with Crippen molar-refractivity contribution in [3.8, 4) is 23.0 Å². The number of esters is 3. The maximum absolute atomic E-state index is 13.7. The average molecular weight is 1010 g/mol. The number of rotatable bonds is 17. The summed E-state index contributed by atoms with van der Waals surface area (Å²) >= 11 is 0. The molecule has 0 unspecified atom stereocenters. The van der Waals surface area contributed by atoms with E-state index in [-0.39, 0.29) is 35.7 Å². The summed E-state index contributed by atoms with van der Waals surface area (Å²) in [5.41, 5.74) is 0.715. The highest BCUT2D eigenvalue weighted by molar-refractivity contribution is 5.91. The summed E-state index contributed by atoms with van der Waals surface area (Å²) in [4.78, 5) is 39.3.